The lowest BCUT2D eigenvalue weighted by Gasteiger charge is -2.18. The van der Waals surface area contributed by atoms with Gasteiger partial charge in [-0.2, -0.15) is 0 Å². The van der Waals surface area contributed by atoms with Crippen LogP contribution in [0.25, 0.3) is 9.40 Å². The Labute approximate surface area is 121 Å². The molecular formula is C16H17NS2. The van der Waals surface area contributed by atoms with Gasteiger partial charge in [0.2, 0.25) is 0 Å². The van der Waals surface area contributed by atoms with Gasteiger partial charge in [-0.3, -0.25) is 0 Å². The number of benzene rings is 1. The van der Waals surface area contributed by atoms with Gasteiger partial charge in [-0.05, 0) is 49.5 Å². The number of aryl methyl sites for hydroxylation is 2. The SMILES string of the molecule is CNC(c1cc2sccc2s1)c1cc(C)ccc1C. The van der Waals surface area contributed by atoms with Crippen LogP contribution in [0.5, 0.6) is 0 Å². The highest BCUT2D eigenvalue weighted by Crippen LogP contribution is 2.36. The molecule has 98 valence electrons. The van der Waals surface area contributed by atoms with Crippen molar-refractivity contribution in [1.29, 1.82) is 0 Å². The zero-order chi connectivity index (χ0) is 13.4. The molecule has 1 N–H and O–H groups in total. The Hall–Kier alpha value is -1.16. The largest absolute Gasteiger partial charge is 0.309 e. The molecule has 0 bridgehead atoms. The molecule has 1 unspecified atom stereocenters. The summed E-state index contributed by atoms with van der Waals surface area (Å²) in [6.07, 6.45) is 0. The minimum absolute atomic E-state index is 0.296. The third-order valence-corrected chi connectivity index (χ3v) is 5.64. The van der Waals surface area contributed by atoms with E-state index in [2.05, 4.69) is 54.9 Å². The molecule has 0 spiro atoms. The van der Waals surface area contributed by atoms with Crippen molar-refractivity contribution >= 4 is 32.1 Å². The molecule has 2 aromatic heterocycles. The van der Waals surface area contributed by atoms with E-state index in [1.165, 1.54) is 31.0 Å². The molecule has 3 rings (SSSR count). The number of thiophene rings is 2. The van der Waals surface area contributed by atoms with Crippen molar-refractivity contribution in [3.8, 4) is 0 Å². The highest BCUT2D eigenvalue weighted by Gasteiger charge is 2.17. The van der Waals surface area contributed by atoms with Gasteiger partial charge in [0, 0.05) is 14.3 Å². The quantitative estimate of drug-likeness (QED) is 0.723. The average molecular weight is 287 g/mol. The van der Waals surface area contributed by atoms with Crippen LogP contribution in [0.15, 0.2) is 35.7 Å². The summed E-state index contributed by atoms with van der Waals surface area (Å²) in [6.45, 7) is 4.34. The van der Waals surface area contributed by atoms with E-state index in [-0.39, 0.29) is 0 Å². The first-order chi connectivity index (χ1) is 9.19. The number of nitrogens with one attached hydrogen (secondary N) is 1. The molecular weight excluding hydrogens is 270 g/mol. The van der Waals surface area contributed by atoms with E-state index in [1.807, 2.05) is 29.7 Å². The molecule has 0 saturated heterocycles. The van der Waals surface area contributed by atoms with Crippen LogP contribution in [-0.4, -0.2) is 7.05 Å². The Kier molecular flexibility index (Phi) is 3.44. The van der Waals surface area contributed by atoms with Crippen LogP contribution in [0.4, 0.5) is 0 Å². The van der Waals surface area contributed by atoms with E-state index in [1.54, 1.807) is 0 Å². The number of hydrogen-bond acceptors (Lipinski definition) is 3. The zero-order valence-corrected chi connectivity index (χ0v) is 13.0. The van der Waals surface area contributed by atoms with Gasteiger partial charge in [0.05, 0.1) is 6.04 Å². The Morgan fingerprint density at radius 2 is 1.89 bits per heavy atom. The van der Waals surface area contributed by atoms with Crippen LogP contribution in [0.3, 0.4) is 0 Å². The van der Waals surface area contributed by atoms with E-state index in [9.17, 15) is 0 Å². The first-order valence-corrected chi connectivity index (χ1v) is 8.10. The summed E-state index contributed by atoms with van der Waals surface area (Å²) in [5, 5.41) is 5.63. The molecule has 0 fully saturated rings. The topological polar surface area (TPSA) is 12.0 Å². The lowest BCUT2D eigenvalue weighted by atomic mass is 9.98. The van der Waals surface area contributed by atoms with Crippen molar-refractivity contribution in [3.63, 3.8) is 0 Å². The fourth-order valence-electron chi connectivity index (χ4n) is 2.45. The highest BCUT2D eigenvalue weighted by atomic mass is 32.1. The van der Waals surface area contributed by atoms with Gasteiger partial charge in [0.15, 0.2) is 0 Å². The number of hydrogen-bond donors (Lipinski definition) is 1. The molecule has 0 amide bonds. The molecule has 19 heavy (non-hydrogen) atoms. The fourth-order valence-corrected chi connectivity index (χ4v) is 4.70. The minimum atomic E-state index is 0.296. The Morgan fingerprint density at radius 1 is 1.05 bits per heavy atom. The van der Waals surface area contributed by atoms with Crippen molar-refractivity contribution in [2.45, 2.75) is 19.9 Å². The third kappa shape index (κ3) is 2.34. The van der Waals surface area contributed by atoms with Crippen molar-refractivity contribution in [2.24, 2.45) is 0 Å². The maximum Gasteiger partial charge on any atom is 0.0672 e. The van der Waals surface area contributed by atoms with Crippen molar-refractivity contribution in [1.82, 2.24) is 5.32 Å². The predicted molar refractivity (Wildman–Crippen MR) is 86.5 cm³/mol. The van der Waals surface area contributed by atoms with E-state index >= 15 is 0 Å². The molecule has 0 saturated carbocycles. The van der Waals surface area contributed by atoms with Crippen LogP contribution < -0.4 is 5.32 Å². The number of fused-ring (bicyclic) bond motifs is 1. The first kappa shape index (κ1) is 12.9. The lowest BCUT2D eigenvalue weighted by Crippen LogP contribution is -2.17. The Bertz CT molecular complexity index is 680. The smallest absolute Gasteiger partial charge is 0.0672 e. The second-order valence-electron chi connectivity index (χ2n) is 4.88. The summed E-state index contributed by atoms with van der Waals surface area (Å²) in [6, 6.07) is 11.5. The van der Waals surface area contributed by atoms with Crippen LogP contribution in [0, 0.1) is 13.8 Å². The van der Waals surface area contributed by atoms with E-state index in [0.29, 0.717) is 6.04 Å². The van der Waals surface area contributed by atoms with Crippen LogP contribution in [-0.2, 0) is 0 Å². The molecule has 3 heteroatoms. The minimum Gasteiger partial charge on any atom is -0.309 e. The monoisotopic (exact) mass is 287 g/mol. The summed E-state index contributed by atoms with van der Waals surface area (Å²) >= 11 is 3.72. The normalized spacial score (nSPS) is 13.0. The second kappa shape index (κ2) is 5.08. The molecule has 0 aliphatic carbocycles. The maximum absolute atomic E-state index is 3.47. The van der Waals surface area contributed by atoms with E-state index in [0.717, 1.165) is 0 Å². The van der Waals surface area contributed by atoms with Gasteiger partial charge in [0.25, 0.3) is 0 Å². The fraction of sp³-hybridized carbons (Fsp3) is 0.250. The molecule has 0 aliphatic rings. The molecule has 3 aromatic rings. The van der Waals surface area contributed by atoms with Gasteiger partial charge >= 0.3 is 0 Å². The standard InChI is InChI=1S/C16H17NS2/c1-10-4-5-11(2)12(8-10)16(17-3)15-9-14-13(19-15)6-7-18-14/h4-9,16-17H,1-3H3. The van der Waals surface area contributed by atoms with Gasteiger partial charge < -0.3 is 5.32 Å². The van der Waals surface area contributed by atoms with E-state index < -0.39 is 0 Å². The summed E-state index contributed by atoms with van der Waals surface area (Å²) in [7, 11) is 2.04. The average Bonchev–Trinajstić information content (AvgIpc) is 2.95. The van der Waals surface area contributed by atoms with Crippen molar-refractivity contribution in [2.75, 3.05) is 7.05 Å². The Morgan fingerprint density at radius 3 is 2.63 bits per heavy atom. The zero-order valence-electron chi connectivity index (χ0n) is 11.4. The van der Waals surface area contributed by atoms with Gasteiger partial charge in [-0.25, -0.2) is 0 Å². The molecule has 2 heterocycles. The molecule has 0 radical (unpaired) electrons. The molecule has 1 aromatic carbocycles. The van der Waals surface area contributed by atoms with Crippen molar-refractivity contribution < 1.29 is 0 Å². The van der Waals surface area contributed by atoms with Crippen LogP contribution in [0.2, 0.25) is 0 Å². The predicted octanol–water partition coefficient (Wildman–Crippen LogP) is 4.89. The summed E-state index contributed by atoms with van der Waals surface area (Å²) < 4.78 is 2.79. The van der Waals surface area contributed by atoms with Crippen LogP contribution in [0.1, 0.15) is 27.6 Å². The Balaban J connectivity index is 2.09. The molecule has 0 aliphatic heterocycles. The maximum atomic E-state index is 3.47. The van der Waals surface area contributed by atoms with Gasteiger partial charge in [-0.15, -0.1) is 22.7 Å². The van der Waals surface area contributed by atoms with Crippen LogP contribution >= 0.6 is 22.7 Å². The summed E-state index contributed by atoms with van der Waals surface area (Å²) in [4.78, 5) is 1.40. The van der Waals surface area contributed by atoms with Gasteiger partial charge in [-0.1, -0.05) is 23.8 Å². The first-order valence-electron chi connectivity index (χ1n) is 6.40. The molecule has 1 atom stereocenters. The highest BCUT2D eigenvalue weighted by molar-refractivity contribution is 7.27. The number of rotatable bonds is 3. The van der Waals surface area contributed by atoms with E-state index in [4.69, 9.17) is 0 Å². The summed E-state index contributed by atoms with van der Waals surface area (Å²) in [5.74, 6) is 0. The lowest BCUT2D eigenvalue weighted by molar-refractivity contribution is 0.699. The molecule has 1 nitrogen and oxygen atoms in total. The van der Waals surface area contributed by atoms with Gasteiger partial charge in [0.1, 0.15) is 0 Å². The third-order valence-electron chi connectivity index (χ3n) is 3.48. The summed E-state index contributed by atoms with van der Waals surface area (Å²) in [5.41, 5.74) is 4.05. The van der Waals surface area contributed by atoms with Crippen molar-refractivity contribution in [3.05, 3.63) is 57.3 Å². The second-order valence-corrected chi connectivity index (χ2v) is 6.94.